The molecule has 0 unspecified atom stereocenters. The fourth-order valence-corrected chi connectivity index (χ4v) is 6.48. The molecule has 0 aromatic heterocycles. The number of rotatable bonds is 4. The Morgan fingerprint density at radius 1 is 1.04 bits per heavy atom. The predicted molar refractivity (Wildman–Crippen MR) is 103 cm³/mol. The van der Waals surface area contributed by atoms with Crippen LogP contribution in [0, 0.1) is 23.7 Å². The van der Waals surface area contributed by atoms with E-state index >= 15 is 0 Å². The lowest BCUT2D eigenvalue weighted by molar-refractivity contribution is -0.143. The normalized spacial score (nSPS) is 34.1. The topological polar surface area (TPSA) is 104 Å². The Bertz CT molecular complexity index is 811. The van der Waals surface area contributed by atoms with Gasteiger partial charge in [-0.1, -0.05) is 31.9 Å². The van der Waals surface area contributed by atoms with Crippen LogP contribution in [0.1, 0.15) is 16.8 Å². The van der Waals surface area contributed by atoms with Crippen molar-refractivity contribution in [2.24, 2.45) is 23.7 Å². The molecule has 4 rings (SSSR count). The van der Waals surface area contributed by atoms with Gasteiger partial charge in [-0.3, -0.25) is 19.3 Å². The number of aromatic carboxylic acids is 1. The van der Waals surface area contributed by atoms with Crippen LogP contribution in [0.5, 0.6) is 0 Å². The lowest BCUT2D eigenvalue weighted by Crippen LogP contribution is -2.39. The maximum Gasteiger partial charge on any atom is 0.335 e. The van der Waals surface area contributed by atoms with E-state index in [9.17, 15) is 19.2 Å². The lowest BCUT2D eigenvalue weighted by Gasteiger charge is -2.28. The lowest BCUT2D eigenvalue weighted by atomic mass is 9.81. The third-order valence-electron chi connectivity index (χ3n) is 5.80. The van der Waals surface area contributed by atoms with Gasteiger partial charge in [0.1, 0.15) is 6.54 Å². The van der Waals surface area contributed by atoms with Gasteiger partial charge in [0.25, 0.3) is 0 Å². The summed E-state index contributed by atoms with van der Waals surface area (Å²) in [5.41, 5.74) is 0.514. The summed E-state index contributed by atoms with van der Waals surface area (Å²) in [4.78, 5) is 50.1. The second kappa shape index (κ2) is 6.70. The number of fused-ring (bicyclic) bond motifs is 5. The third kappa shape index (κ3) is 2.91. The van der Waals surface area contributed by atoms with Crippen LogP contribution in [-0.4, -0.2) is 49.9 Å². The smallest absolute Gasteiger partial charge is 0.335 e. The van der Waals surface area contributed by atoms with Crippen LogP contribution in [0.2, 0.25) is 0 Å². The molecule has 3 fully saturated rings. The molecule has 27 heavy (non-hydrogen) atoms. The van der Waals surface area contributed by atoms with Crippen LogP contribution in [0.15, 0.2) is 24.3 Å². The highest BCUT2D eigenvalue weighted by molar-refractivity contribution is 9.12. The van der Waals surface area contributed by atoms with E-state index in [4.69, 9.17) is 5.11 Å². The van der Waals surface area contributed by atoms with Crippen molar-refractivity contribution >= 4 is 61.2 Å². The largest absolute Gasteiger partial charge is 0.478 e. The minimum Gasteiger partial charge on any atom is -0.478 e. The standard InChI is InChI=1S/C18H16Br2N2O5/c19-14-9-5-10(15(14)20)13-12(9)16(24)22(17(13)25)6-11(23)21-8-3-1-7(2-4-8)18(26)27/h1-4,9-10,12-15H,5-6H2,(H,21,23)(H,26,27)/t9-,10+,12+,13-,14-,15-/m1/s1. The zero-order valence-electron chi connectivity index (χ0n) is 14.0. The first-order chi connectivity index (χ1) is 12.8. The molecule has 1 heterocycles. The molecule has 3 aliphatic rings. The SMILES string of the molecule is O=C(CN1C(=O)[C@@H]2[C@@H]3C[C@@H]([C@@H](Br)[C@@H]3Br)[C@@H]2C1=O)Nc1ccc(C(=O)O)cc1. The van der Waals surface area contributed by atoms with Gasteiger partial charge in [0.05, 0.1) is 17.4 Å². The Kier molecular flexibility index (Phi) is 4.62. The molecule has 0 spiro atoms. The molecule has 3 amide bonds. The molecule has 2 aliphatic carbocycles. The van der Waals surface area contributed by atoms with Crippen LogP contribution >= 0.6 is 31.9 Å². The molecule has 1 aromatic carbocycles. The highest BCUT2D eigenvalue weighted by Crippen LogP contribution is 2.60. The van der Waals surface area contributed by atoms with Crippen LogP contribution in [0.4, 0.5) is 5.69 Å². The van der Waals surface area contributed by atoms with Gasteiger partial charge in [0.2, 0.25) is 17.7 Å². The second-order valence-electron chi connectivity index (χ2n) is 7.20. The minimum atomic E-state index is -1.06. The van der Waals surface area contributed by atoms with Crippen LogP contribution in [0.25, 0.3) is 0 Å². The number of hydrogen-bond acceptors (Lipinski definition) is 4. The summed E-state index contributed by atoms with van der Waals surface area (Å²) in [7, 11) is 0. The van der Waals surface area contributed by atoms with Gasteiger partial charge in [0.15, 0.2) is 0 Å². The number of benzene rings is 1. The van der Waals surface area contributed by atoms with Gasteiger partial charge in [-0.05, 0) is 42.5 Å². The van der Waals surface area contributed by atoms with Crippen molar-refractivity contribution in [3.05, 3.63) is 29.8 Å². The number of amides is 3. The number of likely N-dealkylation sites (tertiary alicyclic amines) is 1. The van der Waals surface area contributed by atoms with Gasteiger partial charge in [-0.25, -0.2) is 4.79 Å². The van der Waals surface area contributed by atoms with Crippen LogP contribution in [0.3, 0.4) is 0 Å². The molecule has 1 saturated heterocycles. The number of nitrogens with one attached hydrogen (secondary N) is 1. The summed E-state index contributed by atoms with van der Waals surface area (Å²) in [5.74, 6) is -2.55. The molecule has 1 aliphatic heterocycles. The molecular weight excluding hydrogens is 484 g/mol. The van der Waals surface area contributed by atoms with Gasteiger partial charge < -0.3 is 10.4 Å². The van der Waals surface area contributed by atoms with Gasteiger partial charge in [-0.15, -0.1) is 0 Å². The monoisotopic (exact) mass is 498 g/mol. The fourth-order valence-electron chi connectivity index (χ4n) is 4.61. The summed E-state index contributed by atoms with van der Waals surface area (Å²) in [6.07, 6.45) is 0.842. The van der Waals surface area contributed by atoms with Crippen LogP contribution < -0.4 is 5.32 Å². The van der Waals surface area contributed by atoms with E-state index in [1.54, 1.807) is 0 Å². The number of carboxylic acid groups (broad SMARTS) is 1. The second-order valence-corrected chi connectivity index (χ2v) is 9.31. The Labute approximate surface area is 171 Å². The van der Waals surface area contributed by atoms with E-state index in [-0.39, 0.29) is 57.2 Å². The first kappa shape index (κ1) is 18.6. The minimum absolute atomic E-state index is 0.106. The number of nitrogens with zero attached hydrogens (tertiary/aromatic N) is 1. The number of carboxylic acids is 1. The first-order valence-electron chi connectivity index (χ1n) is 8.56. The maximum absolute atomic E-state index is 12.8. The molecule has 6 atom stereocenters. The average Bonchev–Trinajstić information content (AvgIpc) is 3.23. The predicted octanol–water partition coefficient (Wildman–Crippen LogP) is 2.10. The molecule has 1 aromatic rings. The van der Waals surface area contributed by atoms with Crippen molar-refractivity contribution in [1.82, 2.24) is 4.90 Å². The summed E-state index contributed by atoms with van der Waals surface area (Å²) >= 11 is 7.25. The van der Waals surface area contributed by atoms with E-state index < -0.39 is 11.9 Å². The number of imide groups is 1. The van der Waals surface area contributed by atoms with Gasteiger partial charge >= 0.3 is 5.97 Å². The Morgan fingerprint density at radius 2 is 1.56 bits per heavy atom. The zero-order valence-corrected chi connectivity index (χ0v) is 17.1. The molecule has 7 nitrogen and oxygen atoms in total. The van der Waals surface area contributed by atoms with Gasteiger partial charge in [-0.2, -0.15) is 0 Å². The number of carbonyl (C=O) groups is 4. The highest BCUT2D eigenvalue weighted by atomic mass is 79.9. The van der Waals surface area contributed by atoms with E-state index in [1.165, 1.54) is 24.3 Å². The van der Waals surface area contributed by atoms with E-state index in [0.29, 0.717) is 5.69 Å². The van der Waals surface area contributed by atoms with Crippen LogP contribution in [-0.2, 0) is 14.4 Å². The average molecular weight is 500 g/mol. The quantitative estimate of drug-likeness (QED) is 0.487. The zero-order chi connectivity index (χ0) is 19.5. The Hall–Kier alpha value is -1.74. The fraction of sp³-hybridized carbons (Fsp3) is 0.444. The Morgan fingerprint density at radius 3 is 2.04 bits per heavy atom. The molecule has 0 radical (unpaired) electrons. The van der Waals surface area contributed by atoms with E-state index in [2.05, 4.69) is 37.2 Å². The molecule has 9 heteroatoms. The van der Waals surface area contributed by atoms with Crippen molar-refractivity contribution in [2.75, 3.05) is 11.9 Å². The van der Waals surface area contributed by atoms with Crippen molar-refractivity contribution in [1.29, 1.82) is 0 Å². The third-order valence-corrected chi connectivity index (χ3v) is 9.00. The summed E-state index contributed by atoms with van der Waals surface area (Å²) in [5, 5.41) is 11.5. The van der Waals surface area contributed by atoms with Crippen molar-refractivity contribution in [3.8, 4) is 0 Å². The maximum atomic E-state index is 12.8. The summed E-state index contributed by atoms with van der Waals surface area (Å²) in [6.45, 7) is -0.329. The first-order valence-corrected chi connectivity index (χ1v) is 10.4. The van der Waals surface area contributed by atoms with Gasteiger partial charge in [0, 0.05) is 15.3 Å². The van der Waals surface area contributed by atoms with Crippen molar-refractivity contribution < 1.29 is 24.3 Å². The number of carbonyl (C=O) groups excluding carboxylic acids is 3. The van der Waals surface area contributed by atoms with Crippen molar-refractivity contribution in [3.63, 3.8) is 0 Å². The molecule has 2 N–H and O–H groups in total. The molecule has 142 valence electrons. The molecule has 2 bridgehead atoms. The van der Waals surface area contributed by atoms with E-state index in [1.807, 2.05) is 0 Å². The number of halogens is 2. The summed E-state index contributed by atoms with van der Waals surface area (Å²) in [6, 6.07) is 5.68. The highest BCUT2D eigenvalue weighted by Gasteiger charge is 2.66. The number of hydrogen-bond donors (Lipinski definition) is 2. The van der Waals surface area contributed by atoms with Crippen molar-refractivity contribution in [2.45, 2.75) is 16.1 Å². The number of alkyl halides is 2. The number of anilines is 1. The Balaban J connectivity index is 1.44. The summed E-state index contributed by atoms with van der Waals surface area (Å²) < 4.78 is 0. The van der Waals surface area contributed by atoms with E-state index in [0.717, 1.165) is 11.3 Å². The molecule has 2 saturated carbocycles. The molecular formula is C18H16Br2N2O5.